The Kier molecular flexibility index (Phi) is 11.9. The number of benzene rings is 4. The van der Waals surface area contributed by atoms with Gasteiger partial charge in [-0.05, 0) is 12.1 Å². The highest BCUT2D eigenvalue weighted by molar-refractivity contribution is 7.20. The molecular weight excluding hydrogens is 815 g/mol. The largest absolute Gasteiger partial charge is 0.283 e. The molecule has 4 aromatic carbocycles. The van der Waals surface area contributed by atoms with Gasteiger partial charge in [0.25, 0.3) is 5.69 Å². The van der Waals surface area contributed by atoms with Gasteiger partial charge in [0.15, 0.2) is 88.6 Å². The number of allylic oxidation sites excluding steroid dienone is 1. The van der Waals surface area contributed by atoms with E-state index in [4.69, 9.17) is 5.26 Å². The van der Waals surface area contributed by atoms with Crippen LogP contribution in [-0.2, 0) is 6.54 Å². The van der Waals surface area contributed by atoms with E-state index in [9.17, 15) is 52.7 Å². The van der Waals surface area contributed by atoms with Gasteiger partial charge in [-0.1, -0.05) is 6.58 Å². The topological polar surface area (TPSA) is 27.7 Å². The van der Waals surface area contributed by atoms with Crippen LogP contribution in [0.15, 0.2) is 37.1 Å². The van der Waals surface area contributed by atoms with E-state index < -0.39 is 144 Å². The molecule has 0 radical (unpaired) electrons. The average Bonchev–Trinajstić information content (AvgIpc) is 3.18. The predicted molar refractivity (Wildman–Crippen MR) is 151 cm³/mol. The van der Waals surface area contributed by atoms with Crippen molar-refractivity contribution in [1.82, 2.24) is 0 Å². The van der Waals surface area contributed by atoms with Crippen molar-refractivity contribution in [3.63, 3.8) is 0 Å². The van der Waals surface area contributed by atoms with Crippen LogP contribution < -0.4 is 26.4 Å². The molecule has 0 saturated heterocycles. The van der Waals surface area contributed by atoms with Gasteiger partial charge in [-0.2, -0.15) is 9.83 Å². The van der Waals surface area contributed by atoms with E-state index in [1.807, 2.05) is 22.9 Å². The molecule has 0 amide bonds. The summed E-state index contributed by atoms with van der Waals surface area (Å²) in [5.41, 5.74) is -13.7. The van der Waals surface area contributed by atoms with Crippen LogP contribution >= 0.6 is 0 Å². The first kappa shape index (κ1) is 42.7. The van der Waals surface area contributed by atoms with E-state index >= 15 is 35.1 Å². The number of aromatic nitrogens is 1. The summed E-state index contributed by atoms with van der Waals surface area (Å²) in [6.45, 7) is 4.29. The second-order valence-corrected chi connectivity index (χ2v) is 10.9. The highest BCUT2D eigenvalue weighted by Gasteiger charge is 2.52. The molecule has 294 valence electrons. The summed E-state index contributed by atoms with van der Waals surface area (Å²) in [6.07, 6.45) is -3.59. The van der Waals surface area contributed by atoms with Crippen LogP contribution in [0.3, 0.4) is 0 Å². The molecule has 56 heavy (non-hydrogen) atoms. The average molecular weight is 824 g/mol. The molecule has 0 atom stereocenters. The number of hydrogen-bond donors (Lipinski definition) is 0. The predicted octanol–water partition coefficient (Wildman–Crippen LogP) is 6.88. The summed E-state index contributed by atoms with van der Waals surface area (Å²) in [6, 6.07) is 7.62. The monoisotopic (exact) mass is 824 g/mol. The first-order valence-electron chi connectivity index (χ1n) is 14.3. The van der Waals surface area contributed by atoms with Crippen molar-refractivity contribution < 1.29 is 92.4 Å². The summed E-state index contributed by atoms with van der Waals surface area (Å²) < 4.78 is 296. The third-order valence-corrected chi connectivity index (χ3v) is 8.09. The fourth-order valence-electron chi connectivity index (χ4n) is 5.75. The Morgan fingerprint density at radius 1 is 0.429 bits per heavy atom. The van der Waals surface area contributed by atoms with E-state index in [0.717, 1.165) is 0 Å². The normalized spacial score (nSPS) is 11.3. The maximum absolute atomic E-state index is 15.4. The van der Waals surface area contributed by atoms with Gasteiger partial charge in [0.05, 0.1) is 0 Å². The zero-order valence-electron chi connectivity index (χ0n) is 26.3. The summed E-state index contributed by atoms with van der Waals surface area (Å²) in [7, 11) is 0. The third kappa shape index (κ3) is 6.25. The lowest BCUT2D eigenvalue weighted by Crippen LogP contribution is -2.81. The van der Waals surface area contributed by atoms with Crippen LogP contribution in [0.25, 0.3) is 0 Å². The molecule has 0 unspecified atom stereocenters. The minimum atomic E-state index is -7.22. The molecular formula is C33H9BF20N2. The van der Waals surface area contributed by atoms with Crippen LogP contribution in [0.1, 0.15) is 5.69 Å². The molecule has 5 rings (SSSR count). The summed E-state index contributed by atoms with van der Waals surface area (Å²) in [5, 5.41) is 8.64. The zero-order valence-corrected chi connectivity index (χ0v) is 26.3. The van der Waals surface area contributed by atoms with E-state index in [1.54, 1.807) is 12.1 Å². The molecule has 2 nitrogen and oxygen atoms in total. The van der Waals surface area contributed by atoms with E-state index in [1.165, 1.54) is 0 Å². The van der Waals surface area contributed by atoms with Crippen molar-refractivity contribution in [3.05, 3.63) is 159 Å². The van der Waals surface area contributed by atoms with Crippen LogP contribution in [-0.4, -0.2) is 6.15 Å². The van der Waals surface area contributed by atoms with Crippen LogP contribution in [0.4, 0.5) is 87.8 Å². The molecule has 0 N–H and O–H groups in total. The summed E-state index contributed by atoms with van der Waals surface area (Å²) >= 11 is 0. The molecule has 1 heterocycles. The molecule has 0 fully saturated rings. The van der Waals surface area contributed by atoms with Gasteiger partial charge in [0.2, 0.25) is 0 Å². The maximum atomic E-state index is 15.4. The second kappa shape index (κ2) is 15.6. The molecule has 0 spiro atoms. The number of nitrogens with zero attached hydrogens (tertiary/aromatic N) is 2. The fourth-order valence-corrected chi connectivity index (χ4v) is 5.75. The van der Waals surface area contributed by atoms with Gasteiger partial charge in [0.1, 0.15) is 52.7 Å². The Balaban J connectivity index is 0.000000544. The van der Waals surface area contributed by atoms with Crippen LogP contribution in [0.2, 0.25) is 0 Å². The van der Waals surface area contributed by atoms with Gasteiger partial charge in [-0.3, -0.25) is 0 Å². The molecule has 0 aliphatic rings. The number of hydrogen-bond acceptors (Lipinski definition) is 1. The van der Waals surface area contributed by atoms with E-state index in [2.05, 4.69) is 12.6 Å². The van der Waals surface area contributed by atoms with Crippen molar-refractivity contribution in [2.24, 2.45) is 0 Å². The summed E-state index contributed by atoms with van der Waals surface area (Å²) in [5.74, 6) is -71.4. The van der Waals surface area contributed by atoms with Crippen molar-refractivity contribution >= 4 is 28.0 Å². The van der Waals surface area contributed by atoms with Gasteiger partial charge in [-0.25, -0.2) is 87.8 Å². The maximum Gasteiger partial charge on any atom is 0.283 e. The first-order valence-corrected chi connectivity index (χ1v) is 14.3. The Morgan fingerprint density at radius 3 is 0.875 bits per heavy atom. The molecule has 0 saturated carbocycles. The van der Waals surface area contributed by atoms with Gasteiger partial charge < -0.3 is 0 Å². The zero-order chi connectivity index (χ0) is 42.5. The quantitative estimate of drug-likeness (QED) is 0.0459. The number of halogens is 20. The van der Waals surface area contributed by atoms with Gasteiger partial charge >= 0.3 is 0 Å². The van der Waals surface area contributed by atoms with Crippen LogP contribution in [0, 0.1) is 128 Å². The molecule has 0 aliphatic carbocycles. The minimum absolute atomic E-state index is 0.660. The highest BCUT2D eigenvalue weighted by atomic mass is 19.2. The van der Waals surface area contributed by atoms with E-state index in [-0.39, 0.29) is 0 Å². The lowest BCUT2D eigenvalue weighted by atomic mass is 9.12. The number of rotatable bonds is 6. The SMILES string of the molecule is C=CC[n+]1ccccc1C#N.Fc1c(F)c(F)c([B-](c2c(F)c(F)c(F)c(F)c2F)(c2c(F)c(F)c(F)c(F)c2F)c2c(F)c(F)c(F)c(F)c2F)c(F)c1F. The van der Waals surface area contributed by atoms with Gasteiger partial charge in [0, 0.05) is 12.1 Å². The van der Waals surface area contributed by atoms with Crippen molar-refractivity contribution in [2.45, 2.75) is 6.54 Å². The Morgan fingerprint density at radius 2 is 0.661 bits per heavy atom. The standard InChI is InChI=1S/C24BF20.C9H9N2/c26-5-1(6(27)14(35)21(42)13(5)34)25(2-7(28)15(36)22(43)16(37)8(2)29,3-9(30)17(38)23(44)18(39)10(3)31)4-11(32)19(40)24(45)20(41)12(4)33;1-2-6-11-7-4-3-5-9(11)8-10/h;2-5,7H,1,6H2/q-1;+1. The number of pyridine rings is 1. The summed E-state index contributed by atoms with van der Waals surface area (Å²) in [4.78, 5) is 0. The molecule has 1 aromatic heterocycles. The Hall–Kier alpha value is -6.08. The van der Waals surface area contributed by atoms with Crippen molar-refractivity contribution in [1.29, 1.82) is 5.26 Å². The van der Waals surface area contributed by atoms with Crippen molar-refractivity contribution in [3.8, 4) is 6.07 Å². The lowest BCUT2D eigenvalue weighted by molar-refractivity contribution is -0.689. The lowest BCUT2D eigenvalue weighted by Gasteiger charge is -2.44. The van der Waals surface area contributed by atoms with Crippen molar-refractivity contribution in [2.75, 3.05) is 0 Å². The molecule has 5 aromatic rings. The van der Waals surface area contributed by atoms with Crippen LogP contribution in [0.5, 0.6) is 0 Å². The Labute approximate surface area is 297 Å². The minimum Gasteiger partial charge on any atom is -0.207 e. The molecule has 23 heteroatoms. The Bertz CT molecular complexity index is 2120. The second-order valence-electron chi connectivity index (χ2n) is 10.9. The molecule has 0 bridgehead atoms. The fraction of sp³-hybridized carbons (Fsp3) is 0.0303. The third-order valence-electron chi connectivity index (χ3n) is 8.09. The highest BCUT2D eigenvalue weighted by Crippen LogP contribution is 2.30. The van der Waals surface area contributed by atoms with E-state index in [0.29, 0.717) is 12.2 Å². The smallest absolute Gasteiger partial charge is 0.207 e. The molecule has 0 aliphatic heterocycles. The first-order chi connectivity index (χ1) is 26.1. The number of nitriles is 1. The van der Waals surface area contributed by atoms with Gasteiger partial charge in [-0.15, -0.1) is 21.9 Å².